The molecule has 3 nitrogen and oxygen atoms in total. The highest BCUT2D eigenvalue weighted by Gasteiger charge is 2.28. The second-order valence-electron chi connectivity index (χ2n) is 4.97. The number of allylic oxidation sites excluding steroid dienone is 2. The number of hydrogen-bond acceptors (Lipinski definition) is 2. The maximum Gasteiger partial charge on any atom is 0.251 e. The van der Waals surface area contributed by atoms with Crippen molar-refractivity contribution in [2.24, 2.45) is 0 Å². The smallest absolute Gasteiger partial charge is 0.251 e. The van der Waals surface area contributed by atoms with Crippen LogP contribution in [0.3, 0.4) is 0 Å². The second kappa shape index (κ2) is 4.84. The highest BCUT2D eigenvalue weighted by atomic mass is 16.1. The molecule has 2 aliphatic carbocycles. The molecule has 1 atom stereocenters. The van der Waals surface area contributed by atoms with Crippen LogP contribution < -0.4 is 5.32 Å². The fourth-order valence-corrected chi connectivity index (χ4v) is 2.72. The van der Waals surface area contributed by atoms with Crippen molar-refractivity contribution in [3.8, 4) is 0 Å². The van der Waals surface area contributed by atoms with E-state index in [1.54, 1.807) is 18.2 Å². The molecule has 0 aromatic heterocycles. The fourth-order valence-electron chi connectivity index (χ4n) is 2.72. The molecule has 0 saturated heterocycles. The van der Waals surface area contributed by atoms with Crippen LogP contribution in [0.25, 0.3) is 0 Å². The molecule has 1 aromatic rings. The maximum atomic E-state index is 12.1. The van der Waals surface area contributed by atoms with Crippen LogP contribution in [0.5, 0.6) is 0 Å². The van der Waals surface area contributed by atoms with Crippen molar-refractivity contribution < 1.29 is 9.59 Å². The third kappa shape index (κ3) is 2.36. The van der Waals surface area contributed by atoms with Crippen LogP contribution in [-0.2, 0) is 4.79 Å². The number of benzene rings is 1. The fraction of sp³-hybridized carbons (Fsp3) is 0.250. The zero-order chi connectivity index (χ0) is 13.2. The van der Waals surface area contributed by atoms with Gasteiger partial charge < -0.3 is 5.32 Å². The van der Waals surface area contributed by atoms with Crippen LogP contribution in [0.2, 0.25) is 0 Å². The Bertz CT molecular complexity index is 584. The van der Waals surface area contributed by atoms with Gasteiger partial charge in [-0.2, -0.15) is 0 Å². The summed E-state index contributed by atoms with van der Waals surface area (Å²) in [5.74, 6) is 0.110. The van der Waals surface area contributed by atoms with E-state index in [0.717, 1.165) is 18.4 Å². The Labute approximate surface area is 112 Å². The molecule has 0 heterocycles. The average Bonchev–Trinajstić information content (AvgIpc) is 2.82. The Morgan fingerprint density at radius 2 is 1.95 bits per heavy atom. The first-order valence-electron chi connectivity index (χ1n) is 6.53. The van der Waals surface area contributed by atoms with Crippen molar-refractivity contribution in [2.75, 3.05) is 0 Å². The van der Waals surface area contributed by atoms with E-state index < -0.39 is 0 Å². The van der Waals surface area contributed by atoms with Gasteiger partial charge in [0, 0.05) is 12.0 Å². The van der Waals surface area contributed by atoms with Gasteiger partial charge in [-0.1, -0.05) is 29.8 Å². The summed E-state index contributed by atoms with van der Waals surface area (Å²) < 4.78 is 0. The van der Waals surface area contributed by atoms with Gasteiger partial charge in [-0.15, -0.1) is 0 Å². The Balaban J connectivity index is 1.74. The minimum absolute atomic E-state index is 0.0482. The summed E-state index contributed by atoms with van der Waals surface area (Å²) in [6.45, 7) is 0. The molecule has 0 saturated carbocycles. The molecule has 0 fully saturated rings. The van der Waals surface area contributed by atoms with E-state index in [1.165, 1.54) is 5.57 Å². The first-order valence-corrected chi connectivity index (χ1v) is 6.53. The lowest BCUT2D eigenvalue weighted by atomic mass is 9.98. The number of nitrogens with one attached hydrogen (secondary N) is 1. The number of carbonyl (C=O) groups is 2. The van der Waals surface area contributed by atoms with Crippen LogP contribution in [-0.4, -0.2) is 17.7 Å². The van der Waals surface area contributed by atoms with Gasteiger partial charge in [-0.3, -0.25) is 9.59 Å². The van der Waals surface area contributed by atoms with E-state index in [4.69, 9.17) is 0 Å². The zero-order valence-corrected chi connectivity index (χ0v) is 10.6. The Kier molecular flexibility index (Phi) is 3.03. The summed E-state index contributed by atoms with van der Waals surface area (Å²) in [5.41, 5.74) is 2.99. The summed E-state index contributed by atoms with van der Waals surface area (Å²) in [7, 11) is 0. The molecule has 3 rings (SSSR count). The third-order valence-electron chi connectivity index (χ3n) is 3.70. The van der Waals surface area contributed by atoms with Crippen molar-refractivity contribution in [3.63, 3.8) is 0 Å². The van der Waals surface area contributed by atoms with Crippen LogP contribution in [0.15, 0.2) is 53.6 Å². The number of ketones is 1. The van der Waals surface area contributed by atoms with Crippen LogP contribution in [0, 0.1) is 0 Å². The van der Waals surface area contributed by atoms with Crippen molar-refractivity contribution in [1.29, 1.82) is 0 Å². The highest BCUT2D eigenvalue weighted by molar-refractivity contribution is 5.96. The Hall–Kier alpha value is -2.16. The lowest BCUT2D eigenvalue weighted by molar-refractivity contribution is -0.114. The molecule has 0 radical (unpaired) electrons. The standard InChI is InChI=1S/C16H15NO2/c18-13-7-8-14-12(10-13)6-9-15(14)17-16(19)11-4-2-1-3-5-11/h1-5,7-8,15H,6,9-10H2,(H,17,19). The van der Waals surface area contributed by atoms with E-state index in [-0.39, 0.29) is 17.7 Å². The molecule has 96 valence electrons. The molecule has 0 bridgehead atoms. The second-order valence-corrected chi connectivity index (χ2v) is 4.97. The van der Waals surface area contributed by atoms with Gasteiger partial charge in [0.25, 0.3) is 5.91 Å². The van der Waals surface area contributed by atoms with Crippen LogP contribution in [0.1, 0.15) is 29.6 Å². The van der Waals surface area contributed by atoms with Gasteiger partial charge in [0.05, 0.1) is 6.04 Å². The minimum atomic E-state index is -0.0512. The zero-order valence-electron chi connectivity index (χ0n) is 10.6. The molecule has 3 heteroatoms. The summed E-state index contributed by atoms with van der Waals surface area (Å²) in [5, 5.41) is 3.05. The number of amides is 1. The van der Waals surface area contributed by atoms with E-state index in [2.05, 4.69) is 5.32 Å². The quantitative estimate of drug-likeness (QED) is 0.879. The molecule has 0 spiro atoms. The van der Waals surface area contributed by atoms with Gasteiger partial charge >= 0.3 is 0 Å². The van der Waals surface area contributed by atoms with Crippen LogP contribution >= 0.6 is 0 Å². The number of rotatable bonds is 2. The Morgan fingerprint density at radius 1 is 1.16 bits per heavy atom. The van der Waals surface area contributed by atoms with E-state index in [1.807, 2.05) is 24.3 Å². The highest BCUT2D eigenvalue weighted by Crippen LogP contribution is 2.32. The summed E-state index contributed by atoms with van der Waals surface area (Å²) >= 11 is 0. The minimum Gasteiger partial charge on any atom is -0.345 e. The number of carbonyl (C=O) groups excluding carboxylic acids is 2. The topological polar surface area (TPSA) is 46.2 Å². The molecule has 2 aliphatic rings. The van der Waals surface area contributed by atoms with Crippen molar-refractivity contribution in [1.82, 2.24) is 5.32 Å². The molecule has 1 amide bonds. The van der Waals surface area contributed by atoms with Gasteiger partial charge in [-0.25, -0.2) is 0 Å². The van der Waals surface area contributed by atoms with Crippen molar-refractivity contribution in [3.05, 3.63) is 59.2 Å². The lowest BCUT2D eigenvalue weighted by Crippen LogP contribution is -2.34. The van der Waals surface area contributed by atoms with Gasteiger partial charge in [-0.05, 0) is 36.6 Å². The summed E-state index contributed by atoms with van der Waals surface area (Å²) in [6.07, 6.45) is 5.80. The Morgan fingerprint density at radius 3 is 2.74 bits per heavy atom. The summed E-state index contributed by atoms with van der Waals surface area (Å²) in [6, 6.07) is 9.26. The summed E-state index contributed by atoms with van der Waals surface area (Å²) in [4.78, 5) is 23.5. The average molecular weight is 253 g/mol. The predicted molar refractivity (Wildman–Crippen MR) is 72.7 cm³/mol. The predicted octanol–water partition coefficient (Wildman–Crippen LogP) is 2.40. The molecule has 1 unspecified atom stereocenters. The van der Waals surface area contributed by atoms with E-state index in [0.29, 0.717) is 12.0 Å². The van der Waals surface area contributed by atoms with Crippen molar-refractivity contribution >= 4 is 11.7 Å². The molecule has 1 N–H and O–H groups in total. The molecular formula is C16H15NO2. The van der Waals surface area contributed by atoms with E-state index >= 15 is 0 Å². The molecule has 1 aromatic carbocycles. The number of hydrogen-bond donors (Lipinski definition) is 1. The molecule has 0 aliphatic heterocycles. The SMILES string of the molecule is O=C1C=CC2=C(CCC2NC(=O)c2ccccc2)C1. The van der Waals surface area contributed by atoms with Gasteiger partial charge in [0.15, 0.2) is 5.78 Å². The third-order valence-corrected chi connectivity index (χ3v) is 3.70. The first-order chi connectivity index (χ1) is 9.24. The maximum absolute atomic E-state index is 12.1. The van der Waals surface area contributed by atoms with E-state index in [9.17, 15) is 9.59 Å². The molecule has 19 heavy (non-hydrogen) atoms. The lowest BCUT2D eigenvalue weighted by Gasteiger charge is -2.16. The van der Waals surface area contributed by atoms with Crippen molar-refractivity contribution in [2.45, 2.75) is 25.3 Å². The van der Waals surface area contributed by atoms with Crippen LogP contribution in [0.4, 0.5) is 0 Å². The monoisotopic (exact) mass is 253 g/mol. The largest absolute Gasteiger partial charge is 0.345 e. The first kappa shape index (κ1) is 11.9. The molecular weight excluding hydrogens is 238 g/mol. The van der Waals surface area contributed by atoms with Gasteiger partial charge in [0.1, 0.15) is 0 Å². The normalized spacial score (nSPS) is 21.5. The van der Waals surface area contributed by atoms with Gasteiger partial charge in [0.2, 0.25) is 0 Å².